The van der Waals surface area contributed by atoms with Crippen LogP contribution in [0, 0.1) is 0 Å². The van der Waals surface area contributed by atoms with Crippen molar-refractivity contribution in [3.63, 3.8) is 0 Å². The summed E-state index contributed by atoms with van der Waals surface area (Å²) in [7, 11) is -3.84. The molecule has 0 N–H and O–H groups in total. The number of anilines is 1. The summed E-state index contributed by atoms with van der Waals surface area (Å²) >= 11 is 6.15. The smallest absolute Gasteiger partial charge is 0.340 e. The molecule has 0 bridgehead atoms. The predicted octanol–water partition coefficient (Wildman–Crippen LogP) is 3.89. The number of ketones is 1. The summed E-state index contributed by atoms with van der Waals surface area (Å²) in [6.07, 6.45) is 0. The summed E-state index contributed by atoms with van der Waals surface area (Å²) in [5.74, 6) is -1.23. The number of Topliss-reactive ketones (excluding diaryl/α,β-unsaturated/α-hetero) is 1. The van der Waals surface area contributed by atoms with Crippen LogP contribution in [-0.4, -0.2) is 57.3 Å². The van der Waals surface area contributed by atoms with E-state index in [1.807, 2.05) is 30.3 Å². The van der Waals surface area contributed by atoms with Gasteiger partial charge in [-0.15, -0.1) is 0 Å². The van der Waals surface area contributed by atoms with Gasteiger partial charge in [-0.2, -0.15) is 4.31 Å². The first kappa shape index (κ1) is 23.9. The average Bonchev–Trinajstić information content (AvgIpc) is 2.88. The first-order chi connectivity index (χ1) is 16.4. The predicted molar refractivity (Wildman–Crippen MR) is 130 cm³/mol. The zero-order valence-electron chi connectivity index (χ0n) is 18.3. The maximum absolute atomic E-state index is 13.2. The van der Waals surface area contributed by atoms with Crippen LogP contribution in [0.25, 0.3) is 0 Å². The van der Waals surface area contributed by atoms with Crippen LogP contribution in [0.2, 0.25) is 5.02 Å². The number of hydrogen-bond donors (Lipinski definition) is 0. The zero-order valence-corrected chi connectivity index (χ0v) is 19.8. The molecule has 1 aliphatic heterocycles. The van der Waals surface area contributed by atoms with Crippen molar-refractivity contribution in [2.45, 2.75) is 4.90 Å². The lowest BCUT2D eigenvalue weighted by molar-refractivity contribution is 0.0474. The maximum atomic E-state index is 13.2. The molecule has 0 amide bonds. The quantitative estimate of drug-likeness (QED) is 0.363. The molecule has 176 valence electrons. The Labute approximate surface area is 203 Å². The topological polar surface area (TPSA) is 84.0 Å². The normalized spacial score (nSPS) is 14.6. The molecule has 3 aromatic rings. The SMILES string of the molecule is O=C(COC(=O)c1cc(S(=O)(=O)N2CCN(c3ccccc3)CC2)ccc1Cl)c1ccccc1. The van der Waals surface area contributed by atoms with Crippen LogP contribution in [0.4, 0.5) is 5.69 Å². The second kappa shape index (κ2) is 10.4. The van der Waals surface area contributed by atoms with Gasteiger partial charge < -0.3 is 9.64 Å². The number of para-hydroxylation sites is 1. The van der Waals surface area contributed by atoms with Crippen molar-refractivity contribution < 1.29 is 22.7 Å². The van der Waals surface area contributed by atoms with E-state index >= 15 is 0 Å². The number of benzene rings is 3. The van der Waals surface area contributed by atoms with Gasteiger partial charge in [-0.25, -0.2) is 13.2 Å². The van der Waals surface area contributed by atoms with Crippen LogP contribution < -0.4 is 4.90 Å². The summed E-state index contributed by atoms with van der Waals surface area (Å²) in [5, 5.41) is 0.0463. The number of ether oxygens (including phenoxy) is 1. The van der Waals surface area contributed by atoms with Crippen LogP contribution in [0.1, 0.15) is 20.7 Å². The van der Waals surface area contributed by atoms with Crippen molar-refractivity contribution in [2.75, 3.05) is 37.7 Å². The van der Waals surface area contributed by atoms with Crippen molar-refractivity contribution in [1.29, 1.82) is 0 Å². The van der Waals surface area contributed by atoms with E-state index in [-0.39, 0.29) is 21.3 Å². The highest BCUT2D eigenvalue weighted by atomic mass is 35.5. The highest BCUT2D eigenvalue weighted by molar-refractivity contribution is 7.89. The van der Waals surface area contributed by atoms with Gasteiger partial charge in [-0.1, -0.05) is 60.1 Å². The van der Waals surface area contributed by atoms with Gasteiger partial charge in [0, 0.05) is 37.4 Å². The van der Waals surface area contributed by atoms with Crippen LogP contribution in [-0.2, 0) is 14.8 Å². The lowest BCUT2D eigenvalue weighted by atomic mass is 10.1. The van der Waals surface area contributed by atoms with Gasteiger partial charge in [-0.3, -0.25) is 4.79 Å². The first-order valence-electron chi connectivity index (χ1n) is 10.7. The maximum Gasteiger partial charge on any atom is 0.340 e. The molecule has 9 heteroatoms. The minimum absolute atomic E-state index is 0.0463. The van der Waals surface area contributed by atoms with Crippen LogP contribution in [0.3, 0.4) is 0 Å². The van der Waals surface area contributed by atoms with Crippen molar-refractivity contribution in [2.24, 2.45) is 0 Å². The number of carbonyl (C=O) groups is 2. The standard InChI is InChI=1S/C25H23ClN2O5S/c26-23-12-11-21(17-22(23)25(30)33-18-24(29)19-7-3-1-4-8-19)34(31,32)28-15-13-27(14-16-28)20-9-5-2-6-10-20/h1-12,17H,13-16,18H2. The van der Waals surface area contributed by atoms with Gasteiger partial charge in [-0.05, 0) is 30.3 Å². The van der Waals surface area contributed by atoms with E-state index in [1.165, 1.54) is 22.5 Å². The molecule has 0 aliphatic carbocycles. The van der Waals surface area contributed by atoms with Crippen LogP contribution in [0.5, 0.6) is 0 Å². The largest absolute Gasteiger partial charge is 0.454 e. The number of hydrogen-bond acceptors (Lipinski definition) is 6. The summed E-state index contributed by atoms with van der Waals surface area (Å²) in [6, 6.07) is 22.2. The lowest BCUT2D eigenvalue weighted by Gasteiger charge is -2.35. The third-order valence-electron chi connectivity index (χ3n) is 5.59. The van der Waals surface area contributed by atoms with E-state index in [2.05, 4.69) is 4.90 Å². The Hall–Kier alpha value is -3.20. The molecule has 7 nitrogen and oxygen atoms in total. The second-order valence-electron chi connectivity index (χ2n) is 7.73. The molecule has 34 heavy (non-hydrogen) atoms. The summed E-state index contributed by atoms with van der Waals surface area (Å²) in [5.41, 5.74) is 1.35. The molecule has 1 saturated heterocycles. The fraction of sp³-hybridized carbons (Fsp3) is 0.200. The third kappa shape index (κ3) is 5.30. The van der Waals surface area contributed by atoms with Crippen molar-refractivity contribution in [3.8, 4) is 0 Å². The fourth-order valence-electron chi connectivity index (χ4n) is 3.71. The fourth-order valence-corrected chi connectivity index (χ4v) is 5.36. The van der Waals surface area contributed by atoms with Gasteiger partial charge in [0.2, 0.25) is 10.0 Å². The van der Waals surface area contributed by atoms with Crippen molar-refractivity contribution >= 4 is 39.1 Å². The Bertz CT molecular complexity index is 1280. The molecule has 1 heterocycles. The zero-order chi connectivity index (χ0) is 24.1. The number of esters is 1. The van der Waals surface area contributed by atoms with Gasteiger partial charge in [0.1, 0.15) is 0 Å². The molecule has 0 spiro atoms. The van der Waals surface area contributed by atoms with E-state index < -0.39 is 22.6 Å². The van der Waals surface area contributed by atoms with Gasteiger partial charge in [0.25, 0.3) is 0 Å². The van der Waals surface area contributed by atoms with E-state index in [0.29, 0.717) is 31.7 Å². The molecule has 0 unspecified atom stereocenters. The van der Waals surface area contributed by atoms with Gasteiger partial charge in [0.15, 0.2) is 12.4 Å². The number of nitrogens with zero attached hydrogens (tertiary/aromatic N) is 2. The van der Waals surface area contributed by atoms with E-state index in [1.54, 1.807) is 30.3 Å². The number of carbonyl (C=O) groups excluding carboxylic acids is 2. The first-order valence-corrected chi connectivity index (χ1v) is 12.5. The average molecular weight is 499 g/mol. The molecule has 4 rings (SSSR count). The molecule has 0 aromatic heterocycles. The number of piperazine rings is 1. The molecule has 0 atom stereocenters. The number of sulfonamides is 1. The summed E-state index contributed by atoms with van der Waals surface area (Å²) in [6.45, 7) is 1.24. The van der Waals surface area contributed by atoms with E-state index in [4.69, 9.17) is 16.3 Å². The van der Waals surface area contributed by atoms with Crippen molar-refractivity contribution in [1.82, 2.24) is 4.31 Å². The van der Waals surface area contributed by atoms with E-state index in [0.717, 1.165) is 5.69 Å². The number of rotatable bonds is 7. The monoisotopic (exact) mass is 498 g/mol. The molecular formula is C25H23ClN2O5S. The molecule has 0 saturated carbocycles. The van der Waals surface area contributed by atoms with Gasteiger partial charge in [0.05, 0.1) is 15.5 Å². The second-order valence-corrected chi connectivity index (χ2v) is 10.1. The number of halogens is 1. The van der Waals surface area contributed by atoms with Crippen LogP contribution >= 0.6 is 11.6 Å². The van der Waals surface area contributed by atoms with Gasteiger partial charge >= 0.3 is 5.97 Å². The Kier molecular flexibility index (Phi) is 7.31. The Morgan fingerprint density at radius 1 is 0.853 bits per heavy atom. The lowest BCUT2D eigenvalue weighted by Crippen LogP contribution is -2.48. The molecule has 3 aromatic carbocycles. The van der Waals surface area contributed by atoms with E-state index in [9.17, 15) is 18.0 Å². The highest BCUT2D eigenvalue weighted by Gasteiger charge is 2.30. The Balaban J connectivity index is 1.44. The Morgan fingerprint density at radius 2 is 1.47 bits per heavy atom. The minimum atomic E-state index is -3.84. The summed E-state index contributed by atoms with van der Waals surface area (Å²) < 4.78 is 33.0. The third-order valence-corrected chi connectivity index (χ3v) is 7.81. The highest BCUT2D eigenvalue weighted by Crippen LogP contribution is 2.25. The Morgan fingerprint density at radius 3 is 2.12 bits per heavy atom. The summed E-state index contributed by atoms with van der Waals surface area (Å²) in [4.78, 5) is 26.9. The molecule has 1 fully saturated rings. The molecule has 0 radical (unpaired) electrons. The molecular weight excluding hydrogens is 476 g/mol. The minimum Gasteiger partial charge on any atom is -0.454 e. The van der Waals surface area contributed by atoms with Crippen molar-refractivity contribution in [3.05, 3.63) is 95.0 Å². The van der Waals surface area contributed by atoms with Crippen LogP contribution in [0.15, 0.2) is 83.8 Å². The molecule has 1 aliphatic rings.